The Balaban J connectivity index is 0.759. The number of phenols is 1. The molecule has 4 atom stereocenters. The average Bonchev–Trinajstić information content (AvgIpc) is 4.25. The van der Waals surface area contributed by atoms with Gasteiger partial charge in [-0.1, -0.05) is 25.8 Å². The molecule has 0 bridgehead atoms. The molecule has 17 nitrogen and oxygen atoms in total. The van der Waals surface area contributed by atoms with E-state index in [-0.39, 0.29) is 81.1 Å². The van der Waals surface area contributed by atoms with Gasteiger partial charge in [0.25, 0.3) is 5.91 Å². The number of rotatable bonds is 14. The van der Waals surface area contributed by atoms with Gasteiger partial charge in [0, 0.05) is 124 Å². The molecule has 11 rings (SSSR count). The van der Waals surface area contributed by atoms with Crippen LogP contribution < -0.4 is 19.9 Å². The molecule has 2 N–H and O–H groups in total. The Morgan fingerprint density at radius 2 is 1.67 bits per heavy atom. The van der Waals surface area contributed by atoms with Crippen molar-refractivity contribution < 1.29 is 37.8 Å². The Morgan fingerprint density at radius 1 is 0.936 bits per heavy atom. The zero-order chi connectivity index (χ0) is 54.6. The second-order valence-corrected chi connectivity index (χ2v) is 22.3. The quantitative estimate of drug-likeness (QED) is 0.0890. The fraction of sp³-hybridized carbons (Fsp3) is 0.492. The molecule has 1 saturated carbocycles. The normalized spacial score (nSPS) is 22.3. The molecule has 406 valence electrons. The zero-order valence-corrected chi connectivity index (χ0v) is 44.4. The molecule has 1 aliphatic carbocycles. The number of aromatic nitrogens is 3. The van der Waals surface area contributed by atoms with Gasteiger partial charge in [-0.15, -0.1) is 6.42 Å². The topological polar surface area (TPSA) is 192 Å². The Bertz CT molecular complexity index is 3290. The monoisotopic (exact) mass is 1060 g/mol. The Kier molecular flexibility index (Phi) is 14.4. The highest BCUT2D eigenvalue weighted by atomic mass is 19.1. The fourth-order valence-corrected chi connectivity index (χ4v) is 12.6. The van der Waals surface area contributed by atoms with Crippen LogP contribution in [0.15, 0.2) is 48.7 Å². The van der Waals surface area contributed by atoms with Crippen molar-refractivity contribution in [3.63, 3.8) is 0 Å². The Morgan fingerprint density at radius 3 is 2.35 bits per heavy atom. The average molecular weight is 1060 g/mol. The first kappa shape index (κ1) is 52.6. The van der Waals surface area contributed by atoms with Crippen LogP contribution in [0.3, 0.4) is 0 Å². The minimum Gasteiger partial charge on any atom is -0.508 e. The number of fused-ring (bicyclic) bond motifs is 3. The van der Waals surface area contributed by atoms with Crippen molar-refractivity contribution in [2.24, 2.45) is 17.3 Å². The van der Waals surface area contributed by atoms with Gasteiger partial charge in [0.05, 0.1) is 23.6 Å². The van der Waals surface area contributed by atoms with Gasteiger partial charge in [0.15, 0.2) is 5.82 Å². The van der Waals surface area contributed by atoms with Gasteiger partial charge in [-0.05, 0) is 105 Å². The van der Waals surface area contributed by atoms with Crippen molar-refractivity contribution in [1.82, 2.24) is 39.9 Å². The first-order valence-electron chi connectivity index (χ1n) is 27.5. The summed E-state index contributed by atoms with van der Waals surface area (Å²) >= 11 is 0. The lowest BCUT2D eigenvalue weighted by molar-refractivity contribution is -0.139. The van der Waals surface area contributed by atoms with E-state index in [2.05, 4.69) is 43.1 Å². The highest BCUT2D eigenvalue weighted by Gasteiger charge is 2.46. The number of imide groups is 1. The van der Waals surface area contributed by atoms with E-state index in [1.165, 1.54) is 30.5 Å². The number of benzene rings is 3. The number of phenolic OH excluding ortho intramolecular Hbond substituents is 1. The molecule has 2 aromatic heterocycles. The van der Waals surface area contributed by atoms with E-state index in [1.807, 2.05) is 35.8 Å². The lowest BCUT2D eigenvalue weighted by Gasteiger charge is -2.47. The maximum Gasteiger partial charge on any atom is 0.319 e. The molecule has 5 fully saturated rings. The first-order chi connectivity index (χ1) is 37.7. The van der Waals surface area contributed by atoms with Crippen LogP contribution in [0.4, 0.5) is 20.3 Å². The van der Waals surface area contributed by atoms with Crippen LogP contribution in [0, 0.1) is 52.6 Å². The van der Waals surface area contributed by atoms with Crippen LogP contribution in [0.25, 0.3) is 32.9 Å². The third-order valence-corrected chi connectivity index (χ3v) is 17.3. The molecule has 4 saturated heterocycles. The van der Waals surface area contributed by atoms with Gasteiger partial charge in [0.1, 0.15) is 40.6 Å². The van der Waals surface area contributed by atoms with E-state index in [0.717, 1.165) is 89.3 Å². The van der Waals surface area contributed by atoms with Crippen LogP contribution in [0.5, 0.6) is 11.8 Å². The summed E-state index contributed by atoms with van der Waals surface area (Å²) in [6.07, 6.45) is 13.1. The summed E-state index contributed by atoms with van der Waals surface area (Å²) in [5.74, 6) is -0.198. The first-order valence-corrected chi connectivity index (χ1v) is 27.5. The van der Waals surface area contributed by atoms with Gasteiger partial charge < -0.3 is 39.2 Å². The number of amides is 4. The lowest BCUT2D eigenvalue weighted by Crippen LogP contribution is -2.61. The predicted molar refractivity (Wildman–Crippen MR) is 289 cm³/mol. The lowest BCUT2D eigenvalue weighted by atomic mass is 9.95. The van der Waals surface area contributed by atoms with Crippen molar-refractivity contribution in [3.8, 4) is 41.4 Å². The van der Waals surface area contributed by atoms with Crippen molar-refractivity contribution in [3.05, 3.63) is 77.0 Å². The number of anilines is 2. The van der Waals surface area contributed by atoms with E-state index < -0.39 is 29.5 Å². The SMILES string of the molecule is C#Cc1c(F)ccc2cc(O)cc(-c3ncc4c(N5CC(CC)N(C(=O)C(C)C#N)C(CC)C5)nc(OCC5(CN6CCN(CC7CCN(c8ccc9c(c8)CN(C8CCC(=O)NC8=O)C9=O)CC7)CC6)CC5)nc4c3F)c12. The molecule has 7 heterocycles. The van der Waals surface area contributed by atoms with Crippen LogP contribution in [-0.2, 0) is 20.9 Å². The Labute approximate surface area is 452 Å². The van der Waals surface area contributed by atoms with E-state index in [9.17, 15) is 29.5 Å². The van der Waals surface area contributed by atoms with Gasteiger partial charge >= 0.3 is 6.01 Å². The van der Waals surface area contributed by atoms with Crippen LogP contribution in [0.1, 0.15) is 93.6 Å². The van der Waals surface area contributed by atoms with Crippen molar-refractivity contribution in [2.45, 2.75) is 96.8 Å². The number of halogens is 2. The number of ether oxygens (including phenoxy) is 1. The highest BCUT2D eigenvalue weighted by molar-refractivity contribution is 6.06. The van der Waals surface area contributed by atoms with Crippen molar-refractivity contribution in [1.29, 1.82) is 5.26 Å². The number of nitriles is 1. The minimum absolute atomic E-state index is 0.00720. The number of nitrogens with zero attached hydrogens (tertiary/aromatic N) is 10. The molecule has 6 aliphatic rings. The highest BCUT2D eigenvalue weighted by Crippen LogP contribution is 2.47. The third-order valence-electron chi connectivity index (χ3n) is 17.3. The molecule has 4 unspecified atom stereocenters. The summed E-state index contributed by atoms with van der Waals surface area (Å²) in [6.45, 7) is 14.5. The number of hydrogen-bond acceptors (Lipinski definition) is 14. The van der Waals surface area contributed by atoms with E-state index >= 15 is 8.78 Å². The van der Waals surface area contributed by atoms with Gasteiger partial charge in [-0.25, -0.2) is 8.78 Å². The van der Waals surface area contributed by atoms with Crippen LogP contribution >= 0.6 is 0 Å². The number of piperazine rings is 2. The number of pyridine rings is 1. The van der Waals surface area contributed by atoms with Gasteiger partial charge in [-0.3, -0.25) is 29.5 Å². The summed E-state index contributed by atoms with van der Waals surface area (Å²) in [5.41, 5.74) is 2.27. The molecular formula is C59H65F2N11O6. The molecule has 3 aromatic carbocycles. The summed E-state index contributed by atoms with van der Waals surface area (Å²) < 4.78 is 39.2. The maximum atomic E-state index is 17.5. The number of piperidine rings is 2. The number of carbonyl (C=O) groups excluding carboxylic acids is 4. The van der Waals surface area contributed by atoms with Crippen molar-refractivity contribution >= 4 is 56.8 Å². The Hall–Kier alpha value is -7.48. The van der Waals surface area contributed by atoms with Gasteiger partial charge in [0.2, 0.25) is 17.7 Å². The number of nitrogens with one attached hydrogen (secondary N) is 1. The molecule has 0 radical (unpaired) electrons. The number of carbonyl (C=O) groups is 4. The summed E-state index contributed by atoms with van der Waals surface area (Å²) in [5, 5.41) is 23.8. The predicted octanol–water partition coefficient (Wildman–Crippen LogP) is 6.63. The standard InChI is InChI=1S/C59H65F2N11O6/c1-5-39-31-70(32-40(6-2)72(39)56(76)35(4)27-62)54-46-28-63-52(45-26-42(73)25-37-8-11-47(60)43(7-3)50(37)45)51(61)53(46)65-58(66-54)78-34-59(16-17-59)33-68-22-20-67(21-23-68)29-36-14-18-69(19-15-36)41-9-10-44-38(24-41)30-71(57(44)77)48-12-13-49(74)64-55(48)75/h3,8-11,24-26,28,35-36,39-40,48,73H,5-6,12-23,29-34H2,1-2,4H3,(H,64,74,75). The number of aromatic hydroxyl groups is 1. The number of terminal acetylenes is 1. The second-order valence-electron chi connectivity index (χ2n) is 22.3. The smallest absolute Gasteiger partial charge is 0.319 e. The van der Waals surface area contributed by atoms with Crippen LogP contribution in [-0.4, -0.2) is 153 Å². The summed E-state index contributed by atoms with van der Waals surface area (Å²) in [7, 11) is 0. The van der Waals surface area contributed by atoms with E-state index in [0.29, 0.717) is 73.6 Å². The minimum atomic E-state index is -0.820. The molecular weight excluding hydrogens is 997 g/mol. The van der Waals surface area contributed by atoms with E-state index in [4.69, 9.17) is 21.1 Å². The summed E-state index contributed by atoms with van der Waals surface area (Å²) in [4.78, 5) is 78.5. The van der Waals surface area contributed by atoms with Crippen molar-refractivity contribution in [2.75, 3.05) is 81.9 Å². The summed E-state index contributed by atoms with van der Waals surface area (Å²) in [6, 6.07) is 12.4. The molecule has 5 aliphatic heterocycles. The van der Waals surface area contributed by atoms with Gasteiger partial charge in [-0.2, -0.15) is 15.2 Å². The third kappa shape index (κ3) is 10.0. The number of hydrogen-bond donors (Lipinski definition) is 2. The molecule has 19 heteroatoms. The fourth-order valence-electron chi connectivity index (χ4n) is 12.6. The second kappa shape index (κ2) is 21.4. The van der Waals surface area contributed by atoms with Crippen LogP contribution in [0.2, 0.25) is 0 Å². The maximum absolute atomic E-state index is 17.5. The zero-order valence-electron chi connectivity index (χ0n) is 44.4. The van der Waals surface area contributed by atoms with E-state index in [1.54, 1.807) is 11.8 Å². The molecule has 4 amide bonds. The molecule has 5 aromatic rings. The largest absolute Gasteiger partial charge is 0.508 e. The molecule has 0 spiro atoms. The molecule has 78 heavy (non-hydrogen) atoms.